The normalized spacial score (nSPS) is 18.5. The lowest BCUT2D eigenvalue weighted by Crippen LogP contribution is -2.45. The zero-order chi connectivity index (χ0) is 19.7. The molecule has 1 amide bonds. The van der Waals surface area contributed by atoms with Crippen molar-refractivity contribution in [1.82, 2.24) is 4.90 Å². The molecular weight excluding hydrogens is 394 g/mol. The Morgan fingerprint density at radius 1 is 1.23 bits per heavy atom. The Kier molecular flexibility index (Phi) is 10.2. The van der Waals surface area contributed by atoms with Crippen molar-refractivity contribution in [1.29, 1.82) is 0 Å². The van der Waals surface area contributed by atoms with E-state index in [1.54, 1.807) is 47.3 Å². The maximum absolute atomic E-state index is 12.6. The first kappa shape index (κ1) is 23.5. The number of hydrogen-bond acceptors (Lipinski definition) is 8. The summed E-state index contributed by atoms with van der Waals surface area (Å²) in [6, 6.07) is -0.614. The fourth-order valence-corrected chi connectivity index (χ4v) is 5.59. The fraction of sp³-hybridized carbons (Fsp3) is 0.824. The Labute approximate surface area is 168 Å². The second-order valence-electron chi connectivity index (χ2n) is 7.09. The first-order chi connectivity index (χ1) is 12.2. The number of carbonyl (C=O) groups is 3. The lowest BCUT2D eigenvalue weighted by atomic mass is 9.98. The molecule has 0 aromatic rings. The average molecular weight is 424 g/mol. The number of nitrogens with zero attached hydrogens (tertiary/aromatic N) is 1. The maximum Gasteiger partial charge on any atom is 0.332 e. The third kappa shape index (κ3) is 7.60. The van der Waals surface area contributed by atoms with Gasteiger partial charge in [-0.05, 0) is 27.2 Å². The average Bonchev–Trinajstić information content (AvgIpc) is 3.06. The van der Waals surface area contributed by atoms with Crippen LogP contribution in [-0.4, -0.2) is 58.7 Å². The summed E-state index contributed by atoms with van der Waals surface area (Å²) in [4.78, 5) is 38.2. The number of amides is 1. The van der Waals surface area contributed by atoms with Crippen molar-refractivity contribution in [2.75, 3.05) is 29.9 Å². The van der Waals surface area contributed by atoms with Crippen LogP contribution in [0.4, 0.5) is 0 Å². The van der Waals surface area contributed by atoms with Gasteiger partial charge in [-0.15, -0.1) is 11.8 Å². The van der Waals surface area contributed by atoms with Gasteiger partial charge in [0.2, 0.25) is 12.7 Å². The Bertz CT molecular complexity index is 495. The lowest BCUT2D eigenvalue weighted by molar-refractivity contribution is -0.176. The summed E-state index contributed by atoms with van der Waals surface area (Å²) in [7, 11) is 3.46. The summed E-state index contributed by atoms with van der Waals surface area (Å²) in [6.07, 6.45) is 1.11. The highest BCUT2D eigenvalue weighted by atomic mass is 33.1. The first-order valence-electron chi connectivity index (χ1n) is 8.65. The molecular formula is C17H29NO5S3. The number of esters is 2. The maximum atomic E-state index is 12.6. The van der Waals surface area contributed by atoms with Crippen molar-refractivity contribution in [3.05, 3.63) is 0 Å². The molecule has 0 unspecified atom stereocenters. The number of thioether (sulfide) groups is 1. The molecule has 6 nitrogen and oxygen atoms in total. The number of hydrogen-bond donors (Lipinski definition) is 0. The monoisotopic (exact) mass is 423 g/mol. The van der Waals surface area contributed by atoms with Crippen LogP contribution in [0.5, 0.6) is 0 Å². The topological polar surface area (TPSA) is 72.9 Å². The summed E-state index contributed by atoms with van der Waals surface area (Å²) in [6.45, 7) is 8.77. The first-order valence-corrected chi connectivity index (χ1v) is 12.3. The predicted molar refractivity (Wildman–Crippen MR) is 109 cm³/mol. The van der Waals surface area contributed by atoms with Gasteiger partial charge in [0.1, 0.15) is 6.04 Å². The molecule has 0 aromatic heterocycles. The third-order valence-electron chi connectivity index (χ3n) is 3.55. The van der Waals surface area contributed by atoms with E-state index in [4.69, 9.17) is 9.47 Å². The van der Waals surface area contributed by atoms with E-state index >= 15 is 0 Å². The van der Waals surface area contributed by atoms with Gasteiger partial charge in [-0.3, -0.25) is 9.59 Å². The van der Waals surface area contributed by atoms with Crippen molar-refractivity contribution >= 4 is 51.2 Å². The van der Waals surface area contributed by atoms with Gasteiger partial charge in [-0.25, -0.2) is 4.79 Å². The summed E-state index contributed by atoms with van der Waals surface area (Å²) < 4.78 is 10.0. The van der Waals surface area contributed by atoms with Gasteiger partial charge in [0.05, 0.1) is 11.3 Å². The van der Waals surface area contributed by atoms with Gasteiger partial charge in [0, 0.05) is 23.2 Å². The van der Waals surface area contributed by atoms with Crippen LogP contribution in [0, 0.1) is 11.3 Å². The molecule has 0 N–H and O–H groups in total. The minimum atomic E-state index is -0.652. The molecule has 9 heteroatoms. The Morgan fingerprint density at radius 3 is 2.54 bits per heavy atom. The summed E-state index contributed by atoms with van der Waals surface area (Å²) in [5.74, 6) is 1.62. The quantitative estimate of drug-likeness (QED) is 0.242. The molecule has 1 saturated heterocycles. The third-order valence-corrected chi connectivity index (χ3v) is 7.35. The molecule has 0 radical (unpaired) electrons. The minimum Gasteiger partial charge on any atom is -0.427 e. The molecule has 2 atom stereocenters. The molecule has 0 saturated carbocycles. The zero-order valence-corrected chi connectivity index (χ0v) is 18.6. The van der Waals surface area contributed by atoms with Crippen molar-refractivity contribution in [3.8, 4) is 0 Å². The smallest absolute Gasteiger partial charge is 0.332 e. The van der Waals surface area contributed by atoms with E-state index in [-0.39, 0.29) is 11.8 Å². The van der Waals surface area contributed by atoms with E-state index < -0.39 is 30.2 Å². The molecule has 1 aliphatic rings. The SMILES string of the molecule is CCCSSC[C@@H](C)C(=O)N1CSC[C@H]1C(=O)OCOC(=O)C(C)(C)C. The van der Waals surface area contributed by atoms with Crippen LogP contribution >= 0.6 is 33.3 Å². The molecule has 0 spiro atoms. The minimum absolute atomic E-state index is 0.0340. The van der Waals surface area contributed by atoms with Crippen LogP contribution in [-0.2, 0) is 23.9 Å². The van der Waals surface area contributed by atoms with Crippen LogP contribution in [0.25, 0.3) is 0 Å². The van der Waals surface area contributed by atoms with Crippen LogP contribution < -0.4 is 0 Å². The highest BCUT2D eigenvalue weighted by Gasteiger charge is 2.37. The van der Waals surface area contributed by atoms with Crippen molar-refractivity contribution in [2.45, 2.75) is 47.1 Å². The van der Waals surface area contributed by atoms with Crippen LogP contribution in [0.15, 0.2) is 0 Å². The van der Waals surface area contributed by atoms with Gasteiger partial charge in [0.15, 0.2) is 0 Å². The summed E-state index contributed by atoms with van der Waals surface area (Å²) in [5, 5.41) is 0. The van der Waals surface area contributed by atoms with E-state index in [0.717, 1.165) is 17.9 Å². The molecule has 26 heavy (non-hydrogen) atoms. The molecule has 150 valence electrons. The second-order valence-corrected chi connectivity index (χ2v) is 10.7. The van der Waals surface area contributed by atoms with Gasteiger partial charge in [0.25, 0.3) is 0 Å². The number of rotatable bonds is 9. The van der Waals surface area contributed by atoms with Crippen molar-refractivity contribution in [2.24, 2.45) is 11.3 Å². The molecule has 1 aliphatic heterocycles. The van der Waals surface area contributed by atoms with E-state index in [0.29, 0.717) is 11.6 Å². The Balaban J connectivity index is 2.46. The largest absolute Gasteiger partial charge is 0.427 e. The lowest BCUT2D eigenvalue weighted by Gasteiger charge is -2.25. The van der Waals surface area contributed by atoms with Gasteiger partial charge in [-0.2, -0.15) is 0 Å². The van der Waals surface area contributed by atoms with Crippen LogP contribution in [0.2, 0.25) is 0 Å². The van der Waals surface area contributed by atoms with Crippen molar-refractivity contribution < 1.29 is 23.9 Å². The zero-order valence-electron chi connectivity index (χ0n) is 16.1. The van der Waals surface area contributed by atoms with Crippen LogP contribution in [0.3, 0.4) is 0 Å². The molecule has 1 fully saturated rings. The fourth-order valence-electron chi connectivity index (χ4n) is 1.96. The predicted octanol–water partition coefficient (Wildman–Crippen LogP) is 3.41. The molecule has 0 aliphatic carbocycles. The number of ether oxygens (including phenoxy) is 2. The van der Waals surface area contributed by atoms with E-state index in [2.05, 4.69) is 6.92 Å². The molecule has 0 bridgehead atoms. The van der Waals surface area contributed by atoms with Crippen molar-refractivity contribution in [3.63, 3.8) is 0 Å². The number of carbonyl (C=O) groups excluding carboxylic acids is 3. The standard InChI is InChI=1S/C17H29NO5S3/c1-6-7-25-26-8-12(2)14(19)18-10-24-9-13(18)15(20)22-11-23-16(21)17(3,4)5/h12-13H,6-11H2,1-5H3/t12-,13+/m1/s1. The highest BCUT2D eigenvalue weighted by molar-refractivity contribution is 8.76. The van der Waals surface area contributed by atoms with E-state index in [1.165, 1.54) is 11.8 Å². The molecule has 1 heterocycles. The Morgan fingerprint density at radius 2 is 1.92 bits per heavy atom. The van der Waals surface area contributed by atoms with Gasteiger partial charge < -0.3 is 14.4 Å². The molecule has 0 aromatic carbocycles. The van der Waals surface area contributed by atoms with Crippen LogP contribution in [0.1, 0.15) is 41.0 Å². The summed E-state index contributed by atoms with van der Waals surface area (Å²) in [5.41, 5.74) is -0.652. The Hall–Kier alpha value is -0.540. The second kappa shape index (κ2) is 11.3. The highest BCUT2D eigenvalue weighted by Crippen LogP contribution is 2.28. The van der Waals surface area contributed by atoms with E-state index in [9.17, 15) is 14.4 Å². The van der Waals surface area contributed by atoms with Gasteiger partial charge >= 0.3 is 11.9 Å². The summed E-state index contributed by atoms with van der Waals surface area (Å²) >= 11 is 1.52. The molecule has 1 rings (SSSR count). The van der Waals surface area contributed by atoms with E-state index in [1.807, 2.05) is 6.92 Å². The van der Waals surface area contributed by atoms with Gasteiger partial charge in [-0.1, -0.05) is 35.4 Å².